The number of halogens is 1. The first-order valence-corrected chi connectivity index (χ1v) is 6.39. The smallest absolute Gasteiger partial charge is 0.125 e. The molecule has 1 N–H and O–H groups in total. The molecule has 0 amide bonds. The van der Waals surface area contributed by atoms with Crippen LogP contribution in [0.2, 0.25) is 5.02 Å². The van der Waals surface area contributed by atoms with Gasteiger partial charge in [-0.25, -0.2) is 0 Å². The van der Waals surface area contributed by atoms with E-state index >= 15 is 0 Å². The van der Waals surface area contributed by atoms with Gasteiger partial charge in [-0.05, 0) is 69.5 Å². The van der Waals surface area contributed by atoms with E-state index in [-0.39, 0.29) is 0 Å². The molecule has 0 saturated heterocycles. The molecule has 0 unspecified atom stereocenters. The first-order chi connectivity index (χ1) is 8.04. The number of nitrogens with one attached hydrogen (secondary N) is 1. The monoisotopic (exact) mass is 255 g/mol. The number of ether oxygens (including phenoxy) is 1. The SMILES string of the molecule is CNCCCc1c(C)c(Cl)c(C)c(C)c1OC. The minimum atomic E-state index is 0.878. The first kappa shape index (κ1) is 14.3. The lowest BCUT2D eigenvalue weighted by atomic mass is 9.95. The van der Waals surface area contributed by atoms with Crippen LogP contribution in [0.15, 0.2) is 0 Å². The lowest BCUT2D eigenvalue weighted by Crippen LogP contribution is -2.10. The molecule has 0 fully saturated rings. The highest BCUT2D eigenvalue weighted by molar-refractivity contribution is 6.32. The standard InChI is InChI=1S/C14H22ClNO/c1-9-10(2)14(17-5)12(7-6-8-16-4)11(3)13(9)15/h16H,6-8H2,1-5H3. The van der Waals surface area contributed by atoms with Crippen LogP contribution in [0.3, 0.4) is 0 Å². The maximum atomic E-state index is 6.36. The second-order valence-corrected chi connectivity index (χ2v) is 4.79. The van der Waals surface area contributed by atoms with Crippen molar-refractivity contribution in [2.45, 2.75) is 33.6 Å². The number of hydrogen-bond acceptors (Lipinski definition) is 2. The molecule has 1 rings (SSSR count). The van der Waals surface area contributed by atoms with Gasteiger partial charge in [0.25, 0.3) is 0 Å². The Morgan fingerprint density at radius 1 is 1.12 bits per heavy atom. The minimum Gasteiger partial charge on any atom is -0.496 e. The van der Waals surface area contributed by atoms with Gasteiger partial charge in [-0.1, -0.05) is 11.6 Å². The zero-order valence-electron chi connectivity index (χ0n) is 11.4. The fourth-order valence-corrected chi connectivity index (χ4v) is 2.42. The topological polar surface area (TPSA) is 21.3 Å². The molecule has 0 spiro atoms. The summed E-state index contributed by atoms with van der Waals surface area (Å²) in [7, 11) is 3.70. The molecule has 1 aromatic carbocycles. The second kappa shape index (κ2) is 6.27. The predicted molar refractivity (Wildman–Crippen MR) is 74.5 cm³/mol. The van der Waals surface area contributed by atoms with E-state index in [0.29, 0.717) is 0 Å². The van der Waals surface area contributed by atoms with Crippen LogP contribution in [0.5, 0.6) is 5.75 Å². The maximum absolute atomic E-state index is 6.36. The van der Waals surface area contributed by atoms with Gasteiger partial charge in [-0.3, -0.25) is 0 Å². The zero-order valence-corrected chi connectivity index (χ0v) is 12.2. The average molecular weight is 256 g/mol. The van der Waals surface area contributed by atoms with Crippen LogP contribution < -0.4 is 10.1 Å². The summed E-state index contributed by atoms with van der Waals surface area (Å²) in [6.45, 7) is 7.20. The molecule has 0 radical (unpaired) electrons. The third-order valence-corrected chi connectivity index (χ3v) is 3.91. The molecule has 0 aliphatic rings. The fraction of sp³-hybridized carbons (Fsp3) is 0.571. The quantitative estimate of drug-likeness (QED) is 0.814. The molecular formula is C14H22ClNO. The number of rotatable bonds is 5. The van der Waals surface area contributed by atoms with Gasteiger partial charge in [0.15, 0.2) is 0 Å². The number of hydrogen-bond donors (Lipinski definition) is 1. The van der Waals surface area contributed by atoms with E-state index in [1.54, 1.807) is 7.11 Å². The summed E-state index contributed by atoms with van der Waals surface area (Å²) >= 11 is 6.36. The Balaban J connectivity index is 3.17. The van der Waals surface area contributed by atoms with E-state index in [2.05, 4.69) is 19.2 Å². The summed E-state index contributed by atoms with van der Waals surface area (Å²) in [5.74, 6) is 1.00. The Kier molecular flexibility index (Phi) is 5.29. The van der Waals surface area contributed by atoms with Gasteiger partial charge in [0.2, 0.25) is 0 Å². The van der Waals surface area contributed by atoms with Gasteiger partial charge in [0.1, 0.15) is 5.75 Å². The van der Waals surface area contributed by atoms with Crippen LogP contribution in [0.1, 0.15) is 28.7 Å². The Labute approximate surface area is 109 Å². The third kappa shape index (κ3) is 2.93. The van der Waals surface area contributed by atoms with E-state index in [4.69, 9.17) is 16.3 Å². The fourth-order valence-electron chi connectivity index (χ4n) is 2.16. The molecule has 0 aliphatic heterocycles. The summed E-state index contributed by atoms with van der Waals surface area (Å²) in [4.78, 5) is 0. The van der Waals surface area contributed by atoms with E-state index in [0.717, 1.165) is 46.8 Å². The molecule has 0 aromatic heterocycles. The zero-order chi connectivity index (χ0) is 13.0. The van der Waals surface area contributed by atoms with Crippen LogP contribution in [-0.2, 0) is 6.42 Å². The van der Waals surface area contributed by atoms with E-state index in [1.165, 1.54) is 5.56 Å². The molecule has 3 heteroatoms. The van der Waals surface area contributed by atoms with Crippen molar-refractivity contribution in [2.75, 3.05) is 20.7 Å². The molecule has 1 aromatic rings. The lowest BCUT2D eigenvalue weighted by Gasteiger charge is -2.18. The van der Waals surface area contributed by atoms with E-state index in [1.807, 2.05) is 14.0 Å². The van der Waals surface area contributed by atoms with Gasteiger partial charge >= 0.3 is 0 Å². The van der Waals surface area contributed by atoms with Crippen molar-refractivity contribution in [2.24, 2.45) is 0 Å². The molecule has 2 nitrogen and oxygen atoms in total. The average Bonchev–Trinajstić information content (AvgIpc) is 2.33. The third-order valence-electron chi connectivity index (χ3n) is 3.35. The molecule has 0 bridgehead atoms. The van der Waals surface area contributed by atoms with Crippen molar-refractivity contribution in [3.8, 4) is 5.75 Å². The van der Waals surface area contributed by atoms with E-state index in [9.17, 15) is 0 Å². The van der Waals surface area contributed by atoms with Crippen LogP contribution in [-0.4, -0.2) is 20.7 Å². The van der Waals surface area contributed by atoms with Crippen LogP contribution >= 0.6 is 11.6 Å². The maximum Gasteiger partial charge on any atom is 0.125 e. The molecule has 0 atom stereocenters. The predicted octanol–water partition coefficient (Wildman–Crippen LogP) is 3.43. The summed E-state index contributed by atoms with van der Waals surface area (Å²) in [5, 5.41) is 4.04. The highest BCUT2D eigenvalue weighted by Crippen LogP contribution is 2.36. The van der Waals surface area contributed by atoms with Gasteiger partial charge in [-0.15, -0.1) is 0 Å². The Morgan fingerprint density at radius 2 is 1.76 bits per heavy atom. The van der Waals surface area contributed by atoms with Crippen LogP contribution in [0, 0.1) is 20.8 Å². The highest BCUT2D eigenvalue weighted by Gasteiger charge is 2.16. The molecule has 17 heavy (non-hydrogen) atoms. The minimum absolute atomic E-state index is 0.878. The number of methoxy groups -OCH3 is 1. The summed E-state index contributed by atoms with van der Waals surface area (Å²) in [6.07, 6.45) is 2.09. The molecule has 0 aliphatic carbocycles. The van der Waals surface area contributed by atoms with Crippen LogP contribution in [0.25, 0.3) is 0 Å². The first-order valence-electron chi connectivity index (χ1n) is 6.01. The van der Waals surface area contributed by atoms with Crippen molar-refractivity contribution in [1.82, 2.24) is 5.32 Å². The van der Waals surface area contributed by atoms with Gasteiger partial charge < -0.3 is 10.1 Å². The summed E-state index contributed by atoms with van der Waals surface area (Å²) < 4.78 is 5.54. The van der Waals surface area contributed by atoms with Crippen LogP contribution in [0.4, 0.5) is 0 Å². The van der Waals surface area contributed by atoms with Crippen molar-refractivity contribution < 1.29 is 4.74 Å². The molecule has 96 valence electrons. The highest BCUT2D eigenvalue weighted by atomic mass is 35.5. The van der Waals surface area contributed by atoms with Crippen molar-refractivity contribution >= 4 is 11.6 Å². The normalized spacial score (nSPS) is 10.7. The second-order valence-electron chi connectivity index (χ2n) is 4.41. The number of benzene rings is 1. The molecule has 0 heterocycles. The summed E-state index contributed by atoms with van der Waals surface area (Å²) in [6, 6.07) is 0. The van der Waals surface area contributed by atoms with Gasteiger partial charge in [0, 0.05) is 5.02 Å². The van der Waals surface area contributed by atoms with E-state index < -0.39 is 0 Å². The molecule has 0 saturated carbocycles. The Bertz CT molecular complexity index is 402. The van der Waals surface area contributed by atoms with Crippen molar-refractivity contribution in [3.05, 3.63) is 27.3 Å². The summed E-state index contributed by atoms with van der Waals surface area (Å²) in [5.41, 5.74) is 4.68. The Morgan fingerprint density at radius 3 is 2.29 bits per heavy atom. The van der Waals surface area contributed by atoms with Crippen molar-refractivity contribution in [3.63, 3.8) is 0 Å². The lowest BCUT2D eigenvalue weighted by molar-refractivity contribution is 0.405. The van der Waals surface area contributed by atoms with Gasteiger partial charge in [0.05, 0.1) is 7.11 Å². The van der Waals surface area contributed by atoms with Gasteiger partial charge in [-0.2, -0.15) is 0 Å². The largest absolute Gasteiger partial charge is 0.496 e. The Hall–Kier alpha value is -0.730. The molecular weight excluding hydrogens is 234 g/mol. The van der Waals surface area contributed by atoms with Crippen molar-refractivity contribution in [1.29, 1.82) is 0 Å².